The summed E-state index contributed by atoms with van der Waals surface area (Å²) in [6, 6.07) is 46.4. The third kappa shape index (κ3) is 6.74. The van der Waals surface area contributed by atoms with Gasteiger partial charge in [-0.3, -0.25) is 0 Å². The van der Waals surface area contributed by atoms with Crippen molar-refractivity contribution in [1.82, 2.24) is 0 Å². The Hall–Kier alpha value is -4.36. The fraction of sp³-hybridized carbons (Fsp3) is 0.0833. The Kier molecular flexibility index (Phi) is 8.50. The van der Waals surface area contributed by atoms with Crippen molar-refractivity contribution in [2.24, 2.45) is 7.05 Å². The van der Waals surface area contributed by atoms with Crippen molar-refractivity contribution >= 4 is 10.9 Å². The molecule has 0 radical (unpaired) electrons. The van der Waals surface area contributed by atoms with E-state index in [9.17, 15) is 0 Å². The highest BCUT2D eigenvalue weighted by Crippen LogP contribution is 2.42. The van der Waals surface area contributed by atoms with Gasteiger partial charge in [0.2, 0.25) is 11.2 Å². The van der Waals surface area contributed by atoms with Gasteiger partial charge < -0.3 is 0 Å². The van der Waals surface area contributed by atoms with E-state index in [-0.39, 0.29) is 0 Å². The lowest BCUT2D eigenvalue weighted by atomic mass is 9.85. The van der Waals surface area contributed by atoms with Crippen molar-refractivity contribution in [2.75, 3.05) is 0 Å². The number of halogens is 1. The highest BCUT2D eigenvalue weighted by atomic mass is 35.7. The Bertz CT molecular complexity index is 1760. The van der Waals surface area contributed by atoms with Crippen LogP contribution in [0.4, 0.5) is 0 Å². The minimum atomic E-state index is -4.94. The molecule has 0 unspecified atom stereocenters. The molecule has 1 aromatic heterocycles. The van der Waals surface area contributed by atoms with Gasteiger partial charge in [-0.15, -0.1) is 10.2 Å². The topological polar surface area (TPSA) is 96.1 Å². The molecule has 0 aliphatic heterocycles. The maximum absolute atomic E-state index is 8.49. The number of benzene rings is 5. The van der Waals surface area contributed by atoms with Crippen LogP contribution >= 0.6 is 0 Å². The summed E-state index contributed by atoms with van der Waals surface area (Å²) in [6.45, 7) is 4.29. The fourth-order valence-corrected chi connectivity index (χ4v) is 5.23. The summed E-state index contributed by atoms with van der Waals surface area (Å²) in [5.41, 5.74) is 13.6. The van der Waals surface area contributed by atoms with Crippen LogP contribution in [-0.4, -0.2) is 0 Å². The summed E-state index contributed by atoms with van der Waals surface area (Å²) in [4.78, 5) is 0. The zero-order valence-electron chi connectivity index (χ0n) is 23.6. The number of pyridine rings is 1. The number of aryl methyl sites for hydroxylation is 3. The van der Waals surface area contributed by atoms with Crippen molar-refractivity contribution < 1.29 is 33.4 Å². The first-order valence-corrected chi connectivity index (χ1v) is 14.7. The highest BCUT2D eigenvalue weighted by molar-refractivity contribution is 5.96. The van der Waals surface area contributed by atoms with Gasteiger partial charge >= 0.3 is 0 Å². The molecule has 0 fully saturated rings. The van der Waals surface area contributed by atoms with Crippen LogP contribution < -0.4 is 23.2 Å². The van der Waals surface area contributed by atoms with E-state index in [1.54, 1.807) is 0 Å². The van der Waals surface area contributed by atoms with Gasteiger partial charge in [-0.1, -0.05) is 102 Å². The van der Waals surface area contributed by atoms with E-state index < -0.39 is 10.2 Å². The molecule has 0 aliphatic carbocycles. The lowest BCUT2D eigenvalue weighted by Gasteiger charge is -2.18. The average Bonchev–Trinajstić information content (AvgIpc) is 2.98. The van der Waals surface area contributed by atoms with Gasteiger partial charge in [-0.05, 0) is 71.5 Å². The summed E-state index contributed by atoms with van der Waals surface area (Å²) in [5, 5.41) is 1.24. The molecule has 0 N–H and O–H groups in total. The first-order valence-electron chi connectivity index (χ1n) is 13.5. The molecule has 210 valence electrons. The van der Waals surface area contributed by atoms with E-state index in [1.807, 2.05) is 0 Å². The van der Waals surface area contributed by atoms with Crippen LogP contribution in [-0.2, 0) is 7.05 Å². The average molecular weight is 576 g/mol. The molecule has 0 saturated heterocycles. The quantitative estimate of drug-likeness (QED) is 0.294. The van der Waals surface area contributed by atoms with Gasteiger partial charge in [-0.2, -0.15) is 4.57 Å². The zero-order valence-corrected chi connectivity index (χ0v) is 24.3. The molecule has 6 aromatic rings. The third-order valence-corrected chi connectivity index (χ3v) is 7.31. The monoisotopic (exact) mass is 575 g/mol. The van der Waals surface area contributed by atoms with Gasteiger partial charge in [-0.25, -0.2) is 18.6 Å². The van der Waals surface area contributed by atoms with Gasteiger partial charge in [0.1, 0.15) is 7.05 Å². The van der Waals surface area contributed by atoms with Crippen molar-refractivity contribution in [3.8, 4) is 44.6 Å². The van der Waals surface area contributed by atoms with Gasteiger partial charge in [0.05, 0.1) is 5.56 Å². The summed E-state index contributed by atoms with van der Waals surface area (Å²) < 4.78 is 36.3. The minimum Gasteiger partial charge on any atom is -0.222 e. The van der Waals surface area contributed by atoms with Crippen molar-refractivity contribution in [3.05, 3.63) is 139 Å². The highest BCUT2D eigenvalue weighted by Gasteiger charge is 2.23. The molecule has 0 bridgehead atoms. The van der Waals surface area contributed by atoms with Crippen molar-refractivity contribution in [3.63, 3.8) is 0 Å². The van der Waals surface area contributed by atoms with E-state index in [1.165, 1.54) is 66.7 Å². The second-order valence-corrected chi connectivity index (χ2v) is 11.0. The standard InChI is InChI=1S/C36H30N.ClHO4/c1-25-13-17-28(18-14-25)32-23-31(27-9-5-4-6-10-27)24-33(29-19-15-26(2)16-20-29)36(32)35-22-21-30-11-7-8-12-34(30)37(35)3;2-1(3,4)5/h4-24H,1-3H3;(H,2,3,4,5)/q+1;/p-1. The maximum Gasteiger partial charge on any atom is 0.214 e. The molecule has 6 heteroatoms. The lowest BCUT2D eigenvalue weighted by molar-refractivity contribution is -2.00. The molecule has 0 aliphatic rings. The largest absolute Gasteiger partial charge is 0.222 e. The lowest BCUT2D eigenvalue weighted by Crippen LogP contribution is -2.68. The number of para-hydroxylation sites is 1. The van der Waals surface area contributed by atoms with Crippen LogP contribution in [0.2, 0.25) is 0 Å². The zero-order chi connectivity index (χ0) is 29.9. The van der Waals surface area contributed by atoms with Crippen LogP contribution in [0.25, 0.3) is 55.5 Å². The van der Waals surface area contributed by atoms with Crippen molar-refractivity contribution in [2.45, 2.75) is 13.8 Å². The predicted octanol–water partition coefficient (Wildman–Crippen LogP) is 4.19. The van der Waals surface area contributed by atoms with Crippen LogP contribution in [0.15, 0.2) is 127 Å². The first-order chi connectivity index (χ1) is 20.1. The fourth-order valence-electron chi connectivity index (χ4n) is 5.23. The van der Waals surface area contributed by atoms with E-state index in [4.69, 9.17) is 18.6 Å². The molecule has 5 aromatic carbocycles. The Morgan fingerprint density at radius 3 is 1.50 bits per heavy atom. The molecule has 0 saturated carbocycles. The smallest absolute Gasteiger partial charge is 0.214 e. The molecule has 0 spiro atoms. The number of nitrogens with zero attached hydrogens (tertiary/aromatic N) is 1. The molecule has 5 nitrogen and oxygen atoms in total. The van der Waals surface area contributed by atoms with Crippen LogP contribution in [0, 0.1) is 24.1 Å². The summed E-state index contributed by atoms with van der Waals surface area (Å²) >= 11 is 0. The normalized spacial score (nSPS) is 11.2. The molecular weight excluding hydrogens is 546 g/mol. The van der Waals surface area contributed by atoms with E-state index >= 15 is 0 Å². The Morgan fingerprint density at radius 1 is 0.500 bits per heavy atom. The Morgan fingerprint density at radius 2 is 0.976 bits per heavy atom. The van der Waals surface area contributed by atoms with Crippen LogP contribution in [0.5, 0.6) is 0 Å². The third-order valence-electron chi connectivity index (χ3n) is 7.31. The van der Waals surface area contributed by atoms with E-state index in [2.05, 4.69) is 153 Å². The Balaban J connectivity index is 0.000000652. The van der Waals surface area contributed by atoms with Gasteiger partial charge in [0, 0.05) is 17.5 Å². The summed E-state index contributed by atoms with van der Waals surface area (Å²) in [5.74, 6) is 0. The number of aromatic nitrogens is 1. The number of hydrogen-bond acceptors (Lipinski definition) is 4. The second-order valence-electron chi connectivity index (χ2n) is 10.3. The van der Waals surface area contributed by atoms with E-state index in [0.29, 0.717) is 0 Å². The first kappa shape index (κ1) is 29.1. The molecule has 6 rings (SSSR count). The predicted molar refractivity (Wildman–Crippen MR) is 156 cm³/mol. The van der Waals surface area contributed by atoms with Crippen LogP contribution in [0.1, 0.15) is 11.1 Å². The SMILES string of the molecule is Cc1ccc(-c2cc(-c3ccccc3)cc(-c3ccc(C)cc3)c2-c2ccc3ccccc3[n+]2C)cc1.[O-][Cl+3]([O-])([O-])[O-]. The number of hydrogen-bond donors (Lipinski definition) is 0. The minimum absolute atomic E-state index is 1.20. The van der Waals surface area contributed by atoms with Crippen LogP contribution in [0.3, 0.4) is 0 Å². The molecule has 1 heterocycles. The van der Waals surface area contributed by atoms with Crippen molar-refractivity contribution in [1.29, 1.82) is 0 Å². The second kappa shape index (κ2) is 12.2. The van der Waals surface area contributed by atoms with E-state index in [0.717, 1.165) is 0 Å². The van der Waals surface area contributed by atoms with Gasteiger partial charge in [0.25, 0.3) is 0 Å². The Labute approximate surface area is 248 Å². The molecule has 42 heavy (non-hydrogen) atoms. The molecule has 0 atom stereocenters. The number of rotatable bonds is 4. The van der Waals surface area contributed by atoms with Gasteiger partial charge in [0.15, 0.2) is 0 Å². The summed E-state index contributed by atoms with van der Waals surface area (Å²) in [6.07, 6.45) is 0. The summed E-state index contributed by atoms with van der Waals surface area (Å²) in [7, 11) is -2.76. The molecule has 0 amide bonds. The number of fused-ring (bicyclic) bond motifs is 1. The molecular formula is C36H30ClNO4. The maximum atomic E-state index is 8.49.